The number of hydrogen-bond donors (Lipinski definition) is 1. The highest BCUT2D eigenvalue weighted by Crippen LogP contribution is 2.21. The molecule has 1 amide bonds. The molecule has 1 heterocycles. The summed E-state index contributed by atoms with van der Waals surface area (Å²) in [7, 11) is 0. The Kier molecular flexibility index (Phi) is 8.49. The zero-order chi connectivity index (χ0) is 26.0. The maximum absolute atomic E-state index is 12.5. The van der Waals surface area contributed by atoms with Crippen molar-refractivity contribution in [3.63, 3.8) is 0 Å². The number of ether oxygens (including phenoxy) is 2. The molecule has 37 heavy (non-hydrogen) atoms. The second kappa shape index (κ2) is 12.4. The Morgan fingerprint density at radius 1 is 0.946 bits per heavy atom. The first-order valence-electron chi connectivity index (χ1n) is 12.0. The van der Waals surface area contributed by atoms with Gasteiger partial charge in [-0.25, -0.2) is 9.59 Å². The lowest BCUT2D eigenvalue weighted by molar-refractivity contribution is -0.128. The maximum Gasteiger partial charge on any atom is 0.349 e. The molecule has 0 aliphatic rings. The first kappa shape index (κ1) is 25.4. The van der Waals surface area contributed by atoms with Crippen LogP contribution in [0.15, 0.2) is 94.2 Å². The van der Waals surface area contributed by atoms with Crippen LogP contribution in [0.25, 0.3) is 17.0 Å². The minimum atomic E-state index is -0.764. The van der Waals surface area contributed by atoms with Crippen LogP contribution in [0.1, 0.15) is 34.8 Å². The van der Waals surface area contributed by atoms with Gasteiger partial charge < -0.3 is 19.2 Å². The van der Waals surface area contributed by atoms with Crippen LogP contribution in [-0.4, -0.2) is 25.0 Å². The van der Waals surface area contributed by atoms with Crippen molar-refractivity contribution < 1.29 is 23.5 Å². The molecule has 1 aromatic heterocycles. The third kappa shape index (κ3) is 7.18. The zero-order valence-electron chi connectivity index (χ0n) is 20.4. The molecule has 0 saturated carbocycles. The molecule has 0 aliphatic carbocycles. The average Bonchev–Trinajstić information content (AvgIpc) is 2.91. The van der Waals surface area contributed by atoms with E-state index in [9.17, 15) is 14.4 Å². The number of nitrogens with one attached hydrogen (secondary N) is 1. The van der Waals surface area contributed by atoms with Gasteiger partial charge in [0.15, 0.2) is 0 Å². The summed E-state index contributed by atoms with van der Waals surface area (Å²) in [6.07, 6.45) is 4.52. The van der Waals surface area contributed by atoms with Crippen LogP contribution in [0.3, 0.4) is 0 Å². The lowest BCUT2D eigenvalue weighted by Crippen LogP contribution is -2.29. The molecule has 3 aromatic carbocycles. The van der Waals surface area contributed by atoms with Crippen molar-refractivity contribution in [2.45, 2.75) is 19.8 Å². The summed E-state index contributed by atoms with van der Waals surface area (Å²) < 4.78 is 16.2. The van der Waals surface area contributed by atoms with Gasteiger partial charge >= 0.3 is 11.6 Å². The number of carbonyl (C=O) groups excluding carboxylic acids is 2. The highest BCUT2D eigenvalue weighted by molar-refractivity contribution is 5.97. The van der Waals surface area contributed by atoms with Crippen molar-refractivity contribution in [1.29, 1.82) is 0 Å². The van der Waals surface area contributed by atoms with Crippen LogP contribution in [-0.2, 0) is 11.2 Å². The summed E-state index contributed by atoms with van der Waals surface area (Å²) in [6.45, 7) is 3.08. The summed E-state index contributed by atoms with van der Waals surface area (Å²) in [6, 6.07) is 23.2. The second-order valence-electron chi connectivity index (χ2n) is 8.31. The van der Waals surface area contributed by atoms with Gasteiger partial charge in [-0.1, -0.05) is 49.4 Å². The molecule has 0 unspecified atom stereocenters. The van der Waals surface area contributed by atoms with Crippen LogP contribution in [0.2, 0.25) is 0 Å². The maximum atomic E-state index is 12.5. The van der Waals surface area contributed by atoms with Gasteiger partial charge in [0, 0.05) is 24.1 Å². The number of benzene rings is 3. The van der Waals surface area contributed by atoms with Crippen molar-refractivity contribution >= 4 is 28.9 Å². The van der Waals surface area contributed by atoms with Gasteiger partial charge in [-0.2, -0.15) is 0 Å². The molecule has 4 rings (SSSR count). The Labute approximate surface area is 214 Å². The van der Waals surface area contributed by atoms with E-state index in [1.807, 2.05) is 61.5 Å². The topological polar surface area (TPSA) is 94.8 Å². The van der Waals surface area contributed by atoms with E-state index in [1.54, 1.807) is 18.2 Å². The summed E-state index contributed by atoms with van der Waals surface area (Å²) in [5.41, 5.74) is 1.27. The predicted molar refractivity (Wildman–Crippen MR) is 142 cm³/mol. The Morgan fingerprint density at radius 3 is 2.46 bits per heavy atom. The average molecular weight is 498 g/mol. The van der Waals surface area contributed by atoms with Gasteiger partial charge in [-0.05, 0) is 60.4 Å². The van der Waals surface area contributed by atoms with E-state index in [0.717, 1.165) is 23.3 Å². The van der Waals surface area contributed by atoms with Gasteiger partial charge in [0.1, 0.15) is 22.6 Å². The molecule has 7 heteroatoms. The van der Waals surface area contributed by atoms with Gasteiger partial charge in [0.25, 0.3) is 5.91 Å². The lowest BCUT2D eigenvalue weighted by Gasteiger charge is -2.07. The molecular weight excluding hydrogens is 470 g/mol. The van der Waals surface area contributed by atoms with Crippen LogP contribution in [0.4, 0.5) is 0 Å². The normalized spacial score (nSPS) is 10.9. The van der Waals surface area contributed by atoms with E-state index in [1.165, 1.54) is 18.2 Å². The molecule has 0 fully saturated rings. The van der Waals surface area contributed by atoms with Gasteiger partial charge in [0.05, 0.1) is 6.61 Å². The first-order chi connectivity index (χ1) is 18.0. The fourth-order valence-corrected chi connectivity index (χ4v) is 3.58. The van der Waals surface area contributed by atoms with Crippen LogP contribution >= 0.6 is 0 Å². The Morgan fingerprint density at radius 2 is 1.70 bits per heavy atom. The number of fused-ring (bicyclic) bond motifs is 1. The Hall–Kier alpha value is -4.65. The summed E-state index contributed by atoms with van der Waals surface area (Å²) in [4.78, 5) is 37.2. The Balaban J connectivity index is 1.37. The minimum absolute atomic E-state index is 0.0839. The number of esters is 1. The highest BCUT2D eigenvalue weighted by atomic mass is 16.5. The summed E-state index contributed by atoms with van der Waals surface area (Å²) in [5.74, 6) is -0.0969. The summed E-state index contributed by atoms with van der Waals surface area (Å²) in [5, 5.41) is 3.28. The fraction of sp³-hybridized carbons (Fsp3) is 0.167. The molecule has 0 spiro atoms. The zero-order valence-corrected chi connectivity index (χ0v) is 20.4. The quantitative estimate of drug-likeness (QED) is 0.141. The smallest absolute Gasteiger partial charge is 0.349 e. The third-order valence-electron chi connectivity index (χ3n) is 5.48. The molecule has 0 bridgehead atoms. The first-order valence-corrected chi connectivity index (χ1v) is 12.0. The minimum Gasteiger partial charge on any atom is -0.494 e. The SMILES string of the molecule is CCCOc1ccc(/C=C/C(=O)Oc2ccc3cc(C(=O)NCCc4ccccc4)c(=O)oc3c2)cc1. The van der Waals surface area contributed by atoms with Crippen molar-refractivity contribution in [3.8, 4) is 11.5 Å². The standard InChI is InChI=1S/C30H27NO6/c1-2-18-35-24-12-8-22(9-13-24)10-15-28(32)36-25-14-11-23-19-26(30(34)37-27(23)20-25)29(33)31-17-16-21-6-4-3-5-7-21/h3-15,19-20H,2,16-18H2,1H3,(H,31,33)/b15-10+. The van der Waals surface area contributed by atoms with Gasteiger partial charge in [-0.15, -0.1) is 0 Å². The number of rotatable bonds is 10. The lowest BCUT2D eigenvalue weighted by atomic mass is 10.1. The molecular formula is C30H27NO6. The van der Waals surface area contributed by atoms with E-state index >= 15 is 0 Å². The van der Waals surface area contributed by atoms with Crippen LogP contribution in [0.5, 0.6) is 11.5 Å². The van der Waals surface area contributed by atoms with E-state index in [0.29, 0.717) is 25.0 Å². The van der Waals surface area contributed by atoms with Gasteiger partial charge in [-0.3, -0.25) is 4.79 Å². The highest BCUT2D eigenvalue weighted by Gasteiger charge is 2.14. The molecule has 188 valence electrons. The molecule has 7 nitrogen and oxygen atoms in total. The Bertz CT molecular complexity index is 1460. The molecule has 4 aromatic rings. The molecule has 1 N–H and O–H groups in total. The van der Waals surface area contributed by atoms with Crippen molar-refractivity contribution in [2.24, 2.45) is 0 Å². The van der Waals surface area contributed by atoms with Crippen molar-refractivity contribution in [3.05, 3.63) is 112 Å². The number of carbonyl (C=O) groups is 2. The van der Waals surface area contributed by atoms with E-state index in [-0.39, 0.29) is 16.9 Å². The second-order valence-corrected chi connectivity index (χ2v) is 8.31. The van der Waals surface area contributed by atoms with Crippen molar-refractivity contribution in [2.75, 3.05) is 13.2 Å². The molecule has 0 radical (unpaired) electrons. The number of amides is 1. The number of hydrogen-bond acceptors (Lipinski definition) is 6. The van der Waals surface area contributed by atoms with Crippen LogP contribution in [0, 0.1) is 0 Å². The largest absolute Gasteiger partial charge is 0.494 e. The van der Waals surface area contributed by atoms with Gasteiger partial charge in [0.2, 0.25) is 0 Å². The van der Waals surface area contributed by atoms with E-state index in [2.05, 4.69) is 5.32 Å². The fourth-order valence-electron chi connectivity index (χ4n) is 3.58. The predicted octanol–water partition coefficient (Wildman–Crippen LogP) is 5.17. The monoisotopic (exact) mass is 497 g/mol. The van der Waals surface area contributed by atoms with E-state index in [4.69, 9.17) is 13.9 Å². The third-order valence-corrected chi connectivity index (χ3v) is 5.48. The molecule has 0 atom stereocenters. The molecule has 0 aliphatic heterocycles. The summed E-state index contributed by atoms with van der Waals surface area (Å²) >= 11 is 0. The molecule has 0 saturated heterocycles. The van der Waals surface area contributed by atoms with E-state index < -0.39 is 17.5 Å². The van der Waals surface area contributed by atoms with Crippen LogP contribution < -0.4 is 20.4 Å². The van der Waals surface area contributed by atoms with Crippen molar-refractivity contribution in [1.82, 2.24) is 5.32 Å².